The van der Waals surface area contributed by atoms with Crippen molar-refractivity contribution in [3.63, 3.8) is 0 Å². The maximum Gasteiger partial charge on any atom is 0.0730 e. The molecular weight excluding hydrogens is 174 g/mol. The molecule has 0 bridgehead atoms. The van der Waals surface area contributed by atoms with E-state index in [1.807, 2.05) is 18.2 Å². The smallest absolute Gasteiger partial charge is 0.0730 e. The first-order valence-electron chi connectivity index (χ1n) is 4.88. The lowest BCUT2D eigenvalue weighted by atomic mass is 10.2. The molecule has 0 saturated carbocycles. The first kappa shape index (κ1) is 11.0. The van der Waals surface area contributed by atoms with Crippen molar-refractivity contribution in [2.45, 2.75) is 19.1 Å². The second-order valence-electron chi connectivity index (χ2n) is 3.25. The van der Waals surface area contributed by atoms with E-state index >= 15 is 0 Å². The van der Waals surface area contributed by atoms with E-state index < -0.39 is 6.10 Å². The molecule has 0 amide bonds. The number of benzene rings is 1. The Kier molecular flexibility index (Phi) is 4.97. The first-order chi connectivity index (χ1) is 6.83. The Bertz CT molecular complexity index is 258. The van der Waals surface area contributed by atoms with Crippen LogP contribution in [0.3, 0.4) is 0 Å². The lowest BCUT2D eigenvalue weighted by molar-refractivity contribution is 0.212. The summed E-state index contributed by atoms with van der Waals surface area (Å²) in [6.45, 7) is 5.18. The third-order valence-corrected chi connectivity index (χ3v) is 2.06. The van der Waals surface area contributed by atoms with Gasteiger partial charge in [0.1, 0.15) is 0 Å². The molecule has 0 aromatic heterocycles. The Balaban J connectivity index is 2.13. The Labute approximate surface area is 85.3 Å². The van der Waals surface area contributed by atoms with Crippen LogP contribution in [-0.2, 0) is 6.54 Å². The maximum atomic E-state index is 9.20. The van der Waals surface area contributed by atoms with Crippen LogP contribution in [0.15, 0.2) is 43.0 Å². The normalized spacial score (nSPS) is 12.4. The number of hydrogen-bond acceptors (Lipinski definition) is 2. The number of hydrogen-bond donors (Lipinski definition) is 2. The van der Waals surface area contributed by atoms with Crippen LogP contribution in [0.4, 0.5) is 0 Å². The molecule has 1 aromatic rings. The summed E-state index contributed by atoms with van der Waals surface area (Å²) in [6.07, 6.45) is 1.89. The molecule has 0 aliphatic heterocycles. The van der Waals surface area contributed by atoms with Crippen molar-refractivity contribution in [1.82, 2.24) is 5.32 Å². The van der Waals surface area contributed by atoms with E-state index in [2.05, 4.69) is 24.0 Å². The predicted octanol–water partition coefficient (Wildman–Crippen LogP) is 1.71. The molecule has 2 N–H and O–H groups in total. The highest BCUT2D eigenvalue weighted by atomic mass is 16.3. The minimum atomic E-state index is -0.390. The predicted molar refractivity (Wildman–Crippen MR) is 59.0 cm³/mol. The van der Waals surface area contributed by atoms with Gasteiger partial charge in [-0.3, -0.25) is 0 Å². The highest BCUT2D eigenvalue weighted by Gasteiger charge is 1.96. The number of aliphatic hydroxyl groups excluding tert-OH is 1. The average molecular weight is 191 g/mol. The summed E-state index contributed by atoms with van der Waals surface area (Å²) in [5.74, 6) is 0. The molecule has 0 spiro atoms. The minimum Gasteiger partial charge on any atom is -0.389 e. The fourth-order valence-electron chi connectivity index (χ4n) is 1.20. The van der Waals surface area contributed by atoms with Crippen molar-refractivity contribution < 1.29 is 5.11 Å². The summed E-state index contributed by atoms with van der Waals surface area (Å²) in [5.41, 5.74) is 1.26. The molecule has 0 fully saturated rings. The summed E-state index contributed by atoms with van der Waals surface area (Å²) in [5, 5.41) is 12.5. The van der Waals surface area contributed by atoms with E-state index in [-0.39, 0.29) is 0 Å². The SMILES string of the molecule is C=C[C@@H](O)CCNCc1ccccc1. The zero-order valence-electron chi connectivity index (χ0n) is 8.32. The Morgan fingerprint density at radius 1 is 1.36 bits per heavy atom. The van der Waals surface area contributed by atoms with Gasteiger partial charge in [-0.25, -0.2) is 0 Å². The van der Waals surface area contributed by atoms with Gasteiger partial charge in [0.05, 0.1) is 6.10 Å². The van der Waals surface area contributed by atoms with Crippen LogP contribution in [0.1, 0.15) is 12.0 Å². The summed E-state index contributed by atoms with van der Waals surface area (Å²) in [7, 11) is 0. The zero-order chi connectivity index (χ0) is 10.2. The Hall–Kier alpha value is -1.12. The van der Waals surface area contributed by atoms with E-state index in [4.69, 9.17) is 0 Å². The van der Waals surface area contributed by atoms with Gasteiger partial charge in [0.2, 0.25) is 0 Å². The van der Waals surface area contributed by atoms with Gasteiger partial charge < -0.3 is 10.4 Å². The van der Waals surface area contributed by atoms with Crippen molar-refractivity contribution in [1.29, 1.82) is 0 Å². The highest BCUT2D eigenvalue weighted by Crippen LogP contribution is 1.97. The minimum absolute atomic E-state index is 0.390. The average Bonchev–Trinajstić information content (AvgIpc) is 2.25. The molecule has 1 atom stereocenters. The van der Waals surface area contributed by atoms with E-state index in [9.17, 15) is 5.11 Å². The second kappa shape index (κ2) is 6.35. The lowest BCUT2D eigenvalue weighted by Crippen LogP contribution is -2.18. The molecule has 0 aliphatic rings. The van der Waals surface area contributed by atoms with E-state index in [0.29, 0.717) is 0 Å². The molecule has 1 rings (SSSR count). The quantitative estimate of drug-likeness (QED) is 0.530. The summed E-state index contributed by atoms with van der Waals surface area (Å²) in [6, 6.07) is 10.2. The van der Waals surface area contributed by atoms with Gasteiger partial charge >= 0.3 is 0 Å². The van der Waals surface area contributed by atoms with Crippen LogP contribution in [-0.4, -0.2) is 17.8 Å². The number of nitrogens with one attached hydrogen (secondary N) is 1. The molecule has 0 unspecified atom stereocenters. The zero-order valence-corrected chi connectivity index (χ0v) is 8.32. The van der Waals surface area contributed by atoms with E-state index in [1.165, 1.54) is 5.56 Å². The number of rotatable bonds is 6. The van der Waals surface area contributed by atoms with Crippen LogP contribution in [0, 0.1) is 0 Å². The van der Waals surface area contributed by atoms with Crippen LogP contribution < -0.4 is 5.32 Å². The van der Waals surface area contributed by atoms with Gasteiger partial charge in [-0.2, -0.15) is 0 Å². The topological polar surface area (TPSA) is 32.3 Å². The summed E-state index contributed by atoms with van der Waals surface area (Å²) < 4.78 is 0. The van der Waals surface area contributed by atoms with Crippen molar-refractivity contribution >= 4 is 0 Å². The van der Waals surface area contributed by atoms with E-state index in [1.54, 1.807) is 6.08 Å². The molecule has 2 heteroatoms. The van der Waals surface area contributed by atoms with Gasteiger partial charge in [0.15, 0.2) is 0 Å². The Morgan fingerprint density at radius 2 is 2.07 bits per heavy atom. The number of aliphatic hydroxyl groups is 1. The van der Waals surface area contributed by atoms with Crippen molar-refractivity contribution in [3.8, 4) is 0 Å². The largest absolute Gasteiger partial charge is 0.389 e. The van der Waals surface area contributed by atoms with Gasteiger partial charge in [0.25, 0.3) is 0 Å². The molecule has 76 valence electrons. The van der Waals surface area contributed by atoms with Crippen LogP contribution in [0.25, 0.3) is 0 Å². The maximum absolute atomic E-state index is 9.20. The van der Waals surface area contributed by atoms with Crippen LogP contribution in [0.5, 0.6) is 0 Å². The van der Waals surface area contributed by atoms with Gasteiger partial charge in [-0.15, -0.1) is 6.58 Å². The Morgan fingerprint density at radius 3 is 2.71 bits per heavy atom. The van der Waals surface area contributed by atoms with Crippen molar-refractivity contribution in [3.05, 3.63) is 48.6 Å². The first-order valence-corrected chi connectivity index (χ1v) is 4.88. The molecule has 0 heterocycles. The van der Waals surface area contributed by atoms with Gasteiger partial charge in [-0.1, -0.05) is 36.4 Å². The molecule has 0 aliphatic carbocycles. The van der Waals surface area contributed by atoms with Gasteiger partial charge in [0, 0.05) is 6.54 Å². The van der Waals surface area contributed by atoms with Gasteiger partial charge in [-0.05, 0) is 18.5 Å². The molecule has 14 heavy (non-hydrogen) atoms. The van der Waals surface area contributed by atoms with Crippen molar-refractivity contribution in [2.24, 2.45) is 0 Å². The van der Waals surface area contributed by atoms with Crippen molar-refractivity contribution in [2.75, 3.05) is 6.54 Å². The standard InChI is InChI=1S/C12H17NO/c1-2-12(14)8-9-13-10-11-6-4-3-5-7-11/h2-7,12-14H,1,8-10H2/t12-/m1/s1. The van der Waals surface area contributed by atoms with Crippen LogP contribution in [0.2, 0.25) is 0 Å². The third kappa shape index (κ3) is 4.21. The molecule has 2 nitrogen and oxygen atoms in total. The van der Waals surface area contributed by atoms with Crippen LogP contribution >= 0.6 is 0 Å². The second-order valence-corrected chi connectivity index (χ2v) is 3.25. The molecule has 0 radical (unpaired) electrons. The molecular formula is C12H17NO. The molecule has 0 saturated heterocycles. The monoisotopic (exact) mass is 191 g/mol. The third-order valence-electron chi connectivity index (χ3n) is 2.06. The summed E-state index contributed by atoms with van der Waals surface area (Å²) in [4.78, 5) is 0. The fourth-order valence-corrected chi connectivity index (χ4v) is 1.20. The lowest BCUT2D eigenvalue weighted by Gasteiger charge is -2.06. The molecule has 1 aromatic carbocycles. The summed E-state index contributed by atoms with van der Waals surface area (Å²) >= 11 is 0. The van der Waals surface area contributed by atoms with E-state index in [0.717, 1.165) is 19.5 Å². The fraction of sp³-hybridized carbons (Fsp3) is 0.333. The highest BCUT2D eigenvalue weighted by molar-refractivity contribution is 5.14.